The van der Waals surface area contributed by atoms with Crippen molar-refractivity contribution in [1.29, 1.82) is 0 Å². The van der Waals surface area contributed by atoms with Gasteiger partial charge in [-0.15, -0.1) is 0 Å². The average Bonchev–Trinajstić information content (AvgIpc) is 3.41. The number of nitrogens with zero attached hydrogens (tertiary/aromatic N) is 4. The lowest BCUT2D eigenvalue weighted by Gasteiger charge is -2.23. The van der Waals surface area contributed by atoms with Crippen molar-refractivity contribution in [3.8, 4) is 5.75 Å². The van der Waals surface area contributed by atoms with Crippen LogP contribution in [-0.2, 0) is 6.54 Å². The fourth-order valence-corrected chi connectivity index (χ4v) is 4.26. The molecule has 4 N–H and O–H groups in total. The number of ether oxygens (including phenoxy) is 1. The number of guanidine groups is 1. The fourth-order valence-electron chi connectivity index (χ4n) is 3.70. The van der Waals surface area contributed by atoms with Crippen molar-refractivity contribution >= 4 is 40.9 Å². The summed E-state index contributed by atoms with van der Waals surface area (Å²) < 4.78 is 20.2. The zero-order valence-electron chi connectivity index (χ0n) is 17.0. The largest absolute Gasteiger partial charge is 0.491 e. The highest BCUT2D eigenvalue weighted by Crippen LogP contribution is 2.40. The summed E-state index contributed by atoms with van der Waals surface area (Å²) >= 11 is 12.8. The van der Waals surface area contributed by atoms with Crippen LogP contribution in [0.1, 0.15) is 5.56 Å². The smallest absolute Gasteiger partial charge is 0.317 e. The monoisotopic (exact) mass is 481 g/mol. The number of alkyl halides is 1. The second-order valence-electron chi connectivity index (χ2n) is 7.25. The molecule has 1 atom stereocenters. The van der Waals surface area contributed by atoms with Crippen molar-refractivity contribution in [3.05, 3.63) is 51.8 Å². The summed E-state index contributed by atoms with van der Waals surface area (Å²) in [7, 11) is 0. The Labute approximate surface area is 194 Å². The molecular weight excluding hydrogens is 460 g/mol. The second kappa shape index (κ2) is 9.66. The van der Waals surface area contributed by atoms with E-state index in [2.05, 4.69) is 20.7 Å². The predicted molar refractivity (Wildman–Crippen MR) is 121 cm³/mol. The Morgan fingerprint density at radius 2 is 2.25 bits per heavy atom. The number of hydrogen-bond donors (Lipinski definition) is 3. The Morgan fingerprint density at radius 3 is 3.00 bits per heavy atom. The number of aliphatic imine (C=N–C) groups is 1. The number of carbonyl (C=O) groups excluding carboxylic acids is 1. The van der Waals surface area contributed by atoms with E-state index < -0.39 is 6.67 Å². The Kier molecular flexibility index (Phi) is 6.71. The Bertz CT molecular complexity index is 1060. The van der Waals surface area contributed by atoms with E-state index in [-0.39, 0.29) is 31.1 Å². The maximum absolute atomic E-state index is 12.4. The molecule has 9 nitrogen and oxygen atoms in total. The van der Waals surface area contributed by atoms with Crippen LogP contribution in [0.25, 0.3) is 5.70 Å². The number of amides is 2. The minimum atomic E-state index is -0.634. The van der Waals surface area contributed by atoms with Crippen LogP contribution in [0.15, 0.2) is 41.2 Å². The van der Waals surface area contributed by atoms with Gasteiger partial charge in [-0.2, -0.15) is 5.10 Å². The van der Waals surface area contributed by atoms with Crippen molar-refractivity contribution in [2.75, 3.05) is 32.9 Å². The molecule has 4 rings (SSSR count). The van der Waals surface area contributed by atoms with Crippen molar-refractivity contribution in [3.63, 3.8) is 0 Å². The molecule has 2 aliphatic rings. The van der Waals surface area contributed by atoms with Gasteiger partial charge < -0.3 is 26.0 Å². The number of likely N-dealkylation sites (tertiary alicyclic amines) is 1. The van der Waals surface area contributed by atoms with E-state index in [1.54, 1.807) is 27.9 Å². The lowest BCUT2D eigenvalue weighted by Crippen LogP contribution is -2.46. The molecule has 1 aromatic heterocycles. The fraction of sp³-hybridized carbons (Fsp3) is 0.350. The molecule has 0 aliphatic carbocycles. The molecule has 0 saturated carbocycles. The molecule has 170 valence electrons. The average molecular weight is 482 g/mol. The highest BCUT2D eigenvalue weighted by atomic mass is 35.5. The first kappa shape index (κ1) is 22.2. The van der Waals surface area contributed by atoms with Gasteiger partial charge >= 0.3 is 6.03 Å². The van der Waals surface area contributed by atoms with E-state index in [0.29, 0.717) is 46.8 Å². The first-order chi connectivity index (χ1) is 15.5. The maximum Gasteiger partial charge on any atom is 0.317 e. The summed E-state index contributed by atoms with van der Waals surface area (Å²) in [6.07, 6.45) is 3.53. The van der Waals surface area contributed by atoms with Crippen LogP contribution in [0.5, 0.6) is 5.75 Å². The minimum Gasteiger partial charge on any atom is -0.491 e. The van der Waals surface area contributed by atoms with E-state index in [4.69, 9.17) is 33.7 Å². The van der Waals surface area contributed by atoms with Crippen molar-refractivity contribution in [2.45, 2.75) is 12.6 Å². The maximum atomic E-state index is 12.4. The van der Waals surface area contributed by atoms with E-state index in [0.717, 1.165) is 5.57 Å². The minimum absolute atomic E-state index is 0.0464. The molecule has 32 heavy (non-hydrogen) atoms. The molecule has 1 unspecified atom stereocenters. The summed E-state index contributed by atoms with van der Waals surface area (Å²) in [6, 6.07) is 4.50. The van der Waals surface area contributed by atoms with Gasteiger partial charge in [0.2, 0.25) is 0 Å². The Hall–Kier alpha value is -2.98. The van der Waals surface area contributed by atoms with Crippen LogP contribution in [0.2, 0.25) is 10.0 Å². The van der Waals surface area contributed by atoms with Crippen LogP contribution in [0, 0.1) is 0 Å². The number of carbonyl (C=O) groups is 1. The van der Waals surface area contributed by atoms with Crippen molar-refractivity contribution in [2.24, 2.45) is 10.7 Å². The molecular formula is C20H22Cl2FN7O2. The first-order valence-electron chi connectivity index (χ1n) is 9.98. The van der Waals surface area contributed by atoms with Gasteiger partial charge in [0.25, 0.3) is 0 Å². The van der Waals surface area contributed by atoms with Gasteiger partial charge in [0.15, 0.2) is 5.96 Å². The molecule has 1 aromatic carbocycles. The number of hydrogen-bond acceptors (Lipinski definition) is 6. The standard InChI is InChI=1S/C20H22Cl2FN7O2/c21-12-8-14(22)17(16(9-12)32-7-6-30-5-1-3-26-30)18-13-10-29(20(31)25-4-2-23)11-15(13)27-19(24)28-18/h1,3,5,8-9,15H,2,4,6-7,10-11H2,(H,25,31)(H3,24,27,28). The number of urea groups is 1. The summed E-state index contributed by atoms with van der Waals surface area (Å²) in [5.41, 5.74) is 7.94. The summed E-state index contributed by atoms with van der Waals surface area (Å²) in [6.45, 7) is 0.814. The molecule has 1 saturated heterocycles. The van der Waals surface area contributed by atoms with Crippen LogP contribution in [0.4, 0.5) is 9.18 Å². The van der Waals surface area contributed by atoms with Gasteiger partial charge in [-0.25, -0.2) is 14.2 Å². The number of benzene rings is 1. The number of halogens is 3. The van der Waals surface area contributed by atoms with E-state index in [1.807, 2.05) is 12.3 Å². The second-order valence-corrected chi connectivity index (χ2v) is 8.09. The van der Waals surface area contributed by atoms with Crippen LogP contribution < -0.4 is 21.1 Å². The third-order valence-corrected chi connectivity index (χ3v) is 5.61. The number of aromatic nitrogens is 2. The number of fused-ring (bicyclic) bond motifs is 1. The normalized spacial score (nSPS) is 17.7. The molecule has 0 spiro atoms. The molecule has 2 aliphatic heterocycles. The molecule has 2 amide bonds. The van der Waals surface area contributed by atoms with Crippen LogP contribution in [-0.4, -0.2) is 65.6 Å². The summed E-state index contributed by atoms with van der Waals surface area (Å²) in [5.74, 6) is 0.656. The zero-order chi connectivity index (χ0) is 22.7. The summed E-state index contributed by atoms with van der Waals surface area (Å²) in [5, 5.41) is 10.5. The SMILES string of the molecule is NC1=NC(c2c(Cl)cc(Cl)cc2OCCn2cccn2)=C2CN(C(=O)NCCF)CC2N1. The van der Waals surface area contributed by atoms with Gasteiger partial charge in [0, 0.05) is 37.1 Å². The molecule has 0 radical (unpaired) electrons. The number of nitrogens with one attached hydrogen (secondary N) is 2. The van der Waals surface area contributed by atoms with Crippen molar-refractivity contribution < 1.29 is 13.9 Å². The van der Waals surface area contributed by atoms with E-state index >= 15 is 0 Å². The van der Waals surface area contributed by atoms with Gasteiger partial charge in [-0.3, -0.25) is 4.68 Å². The first-order valence-corrected chi connectivity index (χ1v) is 10.7. The molecule has 3 heterocycles. The quantitative estimate of drug-likeness (QED) is 0.561. The van der Waals surface area contributed by atoms with E-state index in [1.165, 1.54) is 0 Å². The molecule has 0 bridgehead atoms. The highest BCUT2D eigenvalue weighted by molar-refractivity contribution is 6.36. The third kappa shape index (κ3) is 4.76. The molecule has 2 aromatic rings. The molecule has 12 heteroatoms. The lowest BCUT2D eigenvalue weighted by molar-refractivity contribution is 0.207. The summed E-state index contributed by atoms with van der Waals surface area (Å²) in [4.78, 5) is 18.4. The number of rotatable bonds is 7. The lowest BCUT2D eigenvalue weighted by atomic mass is 10.0. The highest BCUT2D eigenvalue weighted by Gasteiger charge is 2.37. The molecule has 1 fully saturated rings. The predicted octanol–water partition coefficient (Wildman–Crippen LogP) is 2.26. The Morgan fingerprint density at radius 1 is 1.41 bits per heavy atom. The Balaban J connectivity index is 1.65. The topological polar surface area (TPSA) is 110 Å². The van der Waals surface area contributed by atoms with Crippen LogP contribution >= 0.6 is 23.2 Å². The van der Waals surface area contributed by atoms with Crippen LogP contribution in [0.3, 0.4) is 0 Å². The number of nitrogens with two attached hydrogens (primary N) is 1. The third-order valence-electron chi connectivity index (χ3n) is 5.09. The van der Waals surface area contributed by atoms with Gasteiger partial charge in [0.05, 0.1) is 28.9 Å². The van der Waals surface area contributed by atoms with Crippen molar-refractivity contribution in [1.82, 2.24) is 25.3 Å². The van der Waals surface area contributed by atoms with Gasteiger partial charge in [0.1, 0.15) is 19.0 Å². The zero-order valence-corrected chi connectivity index (χ0v) is 18.5. The van der Waals surface area contributed by atoms with E-state index in [9.17, 15) is 9.18 Å². The van der Waals surface area contributed by atoms with Gasteiger partial charge in [-0.1, -0.05) is 23.2 Å². The van der Waals surface area contributed by atoms with Gasteiger partial charge in [-0.05, 0) is 23.8 Å².